The Kier molecular flexibility index (Phi) is 8.69. The van der Waals surface area contributed by atoms with Gasteiger partial charge in [-0.15, -0.1) is 0 Å². The van der Waals surface area contributed by atoms with E-state index in [1.54, 1.807) is 19.1 Å². The van der Waals surface area contributed by atoms with Crippen LogP contribution in [0.2, 0.25) is 5.02 Å². The average molecular weight is 449 g/mol. The lowest BCUT2D eigenvalue weighted by molar-refractivity contribution is 0.0617. The number of amides is 1. The molecule has 0 unspecified atom stereocenters. The number of hydrogen-bond acceptors (Lipinski definition) is 4. The van der Waals surface area contributed by atoms with Crippen LogP contribution in [0.4, 0.5) is 4.39 Å². The van der Waals surface area contributed by atoms with Gasteiger partial charge < -0.3 is 14.4 Å². The van der Waals surface area contributed by atoms with Crippen molar-refractivity contribution in [1.29, 1.82) is 0 Å². The predicted molar refractivity (Wildman–Crippen MR) is 120 cm³/mol. The molecule has 1 aliphatic heterocycles. The van der Waals surface area contributed by atoms with E-state index in [1.807, 2.05) is 18.2 Å². The topological polar surface area (TPSA) is 42.0 Å². The van der Waals surface area contributed by atoms with E-state index >= 15 is 0 Å². The molecule has 0 spiro atoms. The number of carbonyl (C=O) groups is 1. The SMILES string of the molecule is COCCN(CC1CCN(Cc2ccccc2OC)CC1)C(=O)c1ccc(F)cc1Cl. The molecule has 0 aliphatic carbocycles. The van der Waals surface area contributed by atoms with Crippen molar-refractivity contribution in [3.05, 3.63) is 64.4 Å². The van der Waals surface area contributed by atoms with Crippen molar-refractivity contribution < 1.29 is 18.7 Å². The van der Waals surface area contributed by atoms with E-state index in [4.69, 9.17) is 21.1 Å². The molecule has 0 N–H and O–H groups in total. The number of para-hydroxylation sites is 1. The van der Waals surface area contributed by atoms with Crippen LogP contribution in [0.1, 0.15) is 28.8 Å². The highest BCUT2D eigenvalue weighted by Gasteiger charge is 2.25. The van der Waals surface area contributed by atoms with Crippen molar-refractivity contribution in [2.45, 2.75) is 19.4 Å². The lowest BCUT2D eigenvalue weighted by atomic mass is 9.95. The summed E-state index contributed by atoms with van der Waals surface area (Å²) in [5.74, 6) is 0.678. The van der Waals surface area contributed by atoms with Crippen LogP contribution in [-0.4, -0.2) is 62.7 Å². The van der Waals surface area contributed by atoms with Crippen molar-refractivity contribution in [2.24, 2.45) is 5.92 Å². The van der Waals surface area contributed by atoms with Crippen molar-refractivity contribution >= 4 is 17.5 Å². The molecule has 0 radical (unpaired) electrons. The molecular formula is C24H30ClFN2O3. The molecule has 0 bridgehead atoms. The third-order valence-corrected chi connectivity index (χ3v) is 6.10. The molecule has 31 heavy (non-hydrogen) atoms. The van der Waals surface area contributed by atoms with Crippen molar-refractivity contribution in [1.82, 2.24) is 9.80 Å². The molecule has 1 heterocycles. The highest BCUT2D eigenvalue weighted by atomic mass is 35.5. The first-order chi connectivity index (χ1) is 15.0. The molecular weight excluding hydrogens is 419 g/mol. The van der Waals surface area contributed by atoms with Crippen LogP contribution in [0.3, 0.4) is 0 Å². The molecule has 2 aromatic rings. The summed E-state index contributed by atoms with van der Waals surface area (Å²) in [5.41, 5.74) is 1.51. The maximum atomic E-state index is 13.4. The van der Waals surface area contributed by atoms with Gasteiger partial charge in [-0.2, -0.15) is 0 Å². The molecule has 2 aromatic carbocycles. The number of piperidine rings is 1. The standard InChI is InChI=1S/C24H30ClFN2O3/c1-30-14-13-28(24(29)21-8-7-20(26)15-22(21)25)16-18-9-11-27(12-10-18)17-19-5-3-4-6-23(19)31-2/h3-8,15,18H,9-14,16-17H2,1-2H3. The second-order valence-electron chi connectivity index (χ2n) is 7.90. The second-order valence-corrected chi connectivity index (χ2v) is 8.31. The van der Waals surface area contributed by atoms with E-state index < -0.39 is 5.82 Å². The van der Waals surface area contributed by atoms with Gasteiger partial charge in [0.1, 0.15) is 11.6 Å². The van der Waals surface area contributed by atoms with Gasteiger partial charge in [0.25, 0.3) is 5.91 Å². The summed E-state index contributed by atoms with van der Waals surface area (Å²) in [7, 11) is 3.31. The monoisotopic (exact) mass is 448 g/mol. The zero-order valence-electron chi connectivity index (χ0n) is 18.2. The highest BCUT2D eigenvalue weighted by Crippen LogP contribution is 2.25. The molecule has 0 aromatic heterocycles. The normalized spacial score (nSPS) is 15.1. The summed E-state index contributed by atoms with van der Waals surface area (Å²) in [4.78, 5) is 17.3. The van der Waals surface area contributed by atoms with Gasteiger partial charge in [-0.25, -0.2) is 4.39 Å². The lowest BCUT2D eigenvalue weighted by Crippen LogP contribution is -2.42. The van der Waals surface area contributed by atoms with Gasteiger partial charge in [0, 0.05) is 32.3 Å². The first kappa shape index (κ1) is 23.5. The molecule has 168 valence electrons. The fourth-order valence-corrected chi connectivity index (χ4v) is 4.27. The van der Waals surface area contributed by atoms with Gasteiger partial charge in [0.15, 0.2) is 0 Å². The summed E-state index contributed by atoms with van der Waals surface area (Å²) >= 11 is 6.13. The first-order valence-electron chi connectivity index (χ1n) is 10.6. The summed E-state index contributed by atoms with van der Waals surface area (Å²) in [5, 5.41) is 0.138. The lowest BCUT2D eigenvalue weighted by Gasteiger charge is -2.35. The molecule has 7 heteroatoms. The largest absolute Gasteiger partial charge is 0.496 e. The Morgan fingerprint density at radius 3 is 2.61 bits per heavy atom. The molecule has 3 rings (SSSR count). The quantitative estimate of drug-likeness (QED) is 0.567. The molecule has 1 amide bonds. The number of ether oxygens (including phenoxy) is 2. The number of likely N-dealkylation sites (tertiary alicyclic amines) is 1. The third kappa shape index (κ3) is 6.42. The predicted octanol–water partition coefficient (Wildman–Crippen LogP) is 4.49. The molecule has 0 atom stereocenters. The Balaban J connectivity index is 1.59. The molecule has 0 saturated carbocycles. The van der Waals surface area contributed by atoms with Crippen LogP contribution in [0.15, 0.2) is 42.5 Å². The van der Waals surface area contributed by atoms with E-state index in [-0.39, 0.29) is 10.9 Å². The van der Waals surface area contributed by atoms with Crippen LogP contribution < -0.4 is 4.74 Å². The molecule has 5 nitrogen and oxygen atoms in total. The molecule has 1 saturated heterocycles. The van der Waals surface area contributed by atoms with Crippen molar-refractivity contribution in [2.75, 3.05) is 47.0 Å². The molecule has 1 fully saturated rings. The number of benzene rings is 2. The van der Waals surface area contributed by atoms with Crippen molar-refractivity contribution in [3.63, 3.8) is 0 Å². The van der Waals surface area contributed by atoms with E-state index in [2.05, 4.69) is 11.0 Å². The van der Waals surface area contributed by atoms with E-state index in [0.29, 0.717) is 31.2 Å². The Hall–Kier alpha value is -2.15. The zero-order valence-corrected chi connectivity index (χ0v) is 18.9. The Morgan fingerprint density at radius 2 is 1.94 bits per heavy atom. The minimum absolute atomic E-state index is 0.138. The number of nitrogens with zero attached hydrogens (tertiary/aromatic N) is 2. The van der Waals surface area contributed by atoms with Crippen LogP contribution >= 0.6 is 11.6 Å². The smallest absolute Gasteiger partial charge is 0.255 e. The minimum atomic E-state index is -0.451. The first-order valence-corrected chi connectivity index (χ1v) is 11.0. The highest BCUT2D eigenvalue weighted by molar-refractivity contribution is 6.33. The number of halogens is 2. The van der Waals surface area contributed by atoms with E-state index in [0.717, 1.165) is 38.2 Å². The summed E-state index contributed by atoms with van der Waals surface area (Å²) < 4.78 is 24.0. The average Bonchev–Trinajstić information content (AvgIpc) is 2.77. The fraction of sp³-hybridized carbons (Fsp3) is 0.458. The maximum absolute atomic E-state index is 13.4. The van der Waals surface area contributed by atoms with E-state index in [9.17, 15) is 9.18 Å². The van der Waals surface area contributed by atoms with Gasteiger partial charge in [-0.05, 0) is 56.1 Å². The van der Waals surface area contributed by atoms with Crippen molar-refractivity contribution in [3.8, 4) is 5.75 Å². The Morgan fingerprint density at radius 1 is 1.19 bits per heavy atom. The van der Waals surface area contributed by atoms with Gasteiger partial charge in [0.05, 0.1) is 24.3 Å². The fourth-order valence-electron chi connectivity index (χ4n) is 4.02. The summed E-state index contributed by atoms with van der Waals surface area (Å²) in [6, 6.07) is 12.0. The summed E-state index contributed by atoms with van der Waals surface area (Å²) in [6.07, 6.45) is 2.01. The summed E-state index contributed by atoms with van der Waals surface area (Å²) in [6.45, 7) is 4.34. The zero-order chi connectivity index (χ0) is 22.2. The Labute approximate surface area is 188 Å². The maximum Gasteiger partial charge on any atom is 0.255 e. The van der Waals surface area contributed by atoms with Gasteiger partial charge in [-0.3, -0.25) is 9.69 Å². The van der Waals surface area contributed by atoms with Crippen LogP contribution in [0, 0.1) is 11.7 Å². The number of carbonyl (C=O) groups excluding carboxylic acids is 1. The van der Waals surface area contributed by atoms with Gasteiger partial charge >= 0.3 is 0 Å². The molecule has 1 aliphatic rings. The Bertz CT molecular complexity index is 872. The van der Waals surface area contributed by atoms with Crippen LogP contribution in [-0.2, 0) is 11.3 Å². The second kappa shape index (κ2) is 11.5. The number of methoxy groups -OCH3 is 2. The number of rotatable bonds is 9. The number of hydrogen-bond donors (Lipinski definition) is 0. The van der Waals surface area contributed by atoms with E-state index in [1.165, 1.54) is 23.8 Å². The van der Waals surface area contributed by atoms with Gasteiger partial charge in [-0.1, -0.05) is 29.8 Å². The third-order valence-electron chi connectivity index (χ3n) is 5.79. The van der Waals surface area contributed by atoms with Gasteiger partial charge in [0.2, 0.25) is 0 Å². The van der Waals surface area contributed by atoms with Crippen LogP contribution in [0.25, 0.3) is 0 Å². The minimum Gasteiger partial charge on any atom is -0.496 e. The van der Waals surface area contributed by atoms with Crippen LogP contribution in [0.5, 0.6) is 5.75 Å².